The lowest BCUT2D eigenvalue weighted by Gasteiger charge is -2.00. The van der Waals surface area contributed by atoms with Gasteiger partial charge in [0.15, 0.2) is 8.29 Å². The van der Waals surface area contributed by atoms with E-state index in [1.807, 2.05) is 24.3 Å². The topological polar surface area (TPSA) is 17.8 Å². The molecule has 0 bridgehead atoms. The SMILES string of the molecule is S=c1sc(SCC2CC2(Cl)Cl)nn1-c1ccc(Cl)cc1. The normalized spacial score (nSPS) is 20.1. The van der Waals surface area contributed by atoms with E-state index in [2.05, 4.69) is 5.10 Å². The fourth-order valence-electron chi connectivity index (χ4n) is 1.69. The maximum absolute atomic E-state index is 6.02. The average Bonchev–Trinajstić information content (AvgIpc) is 2.83. The van der Waals surface area contributed by atoms with E-state index in [-0.39, 0.29) is 0 Å². The minimum atomic E-state index is -0.535. The number of hydrogen-bond acceptors (Lipinski definition) is 4. The molecule has 0 N–H and O–H groups in total. The van der Waals surface area contributed by atoms with E-state index in [0.29, 0.717) is 14.9 Å². The first kappa shape index (κ1) is 15.1. The highest BCUT2D eigenvalue weighted by molar-refractivity contribution is 8.01. The number of halogens is 3. The summed E-state index contributed by atoms with van der Waals surface area (Å²) < 4.78 is 2.86. The van der Waals surface area contributed by atoms with E-state index in [4.69, 9.17) is 47.0 Å². The van der Waals surface area contributed by atoms with E-state index >= 15 is 0 Å². The van der Waals surface area contributed by atoms with Crippen molar-refractivity contribution in [2.75, 3.05) is 5.75 Å². The van der Waals surface area contributed by atoms with Crippen LogP contribution in [0.15, 0.2) is 28.6 Å². The smallest absolute Gasteiger partial charge is 0.184 e. The van der Waals surface area contributed by atoms with Gasteiger partial charge in [-0.2, -0.15) is 0 Å². The predicted octanol–water partition coefficient (Wildman–Crippen LogP) is 5.60. The van der Waals surface area contributed by atoms with Crippen molar-refractivity contribution in [3.63, 3.8) is 0 Å². The Morgan fingerprint density at radius 2 is 2.05 bits per heavy atom. The summed E-state index contributed by atoms with van der Waals surface area (Å²) in [7, 11) is 0. The largest absolute Gasteiger partial charge is 0.211 e. The van der Waals surface area contributed by atoms with Gasteiger partial charge in [0.1, 0.15) is 4.33 Å². The van der Waals surface area contributed by atoms with Crippen LogP contribution < -0.4 is 0 Å². The van der Waals surface area contributed by atoms with E-state index in [1.165, 1.54) is 11.3 Å². The predicted molar refractivity (Wildman–Crippen MR) is 90.6 cm³/mol. The maximum atomic E-state index is 6.02. The second-order valence-corrected chi connectivity index (χ2v) is 9.36. The summed E-state index contributed by atoms with van der Waals surface area (Å²) in [4.78, 5) is 0. The highest BCUT2D eigenvalue weighted by Gasteiger charge is 2.51. The van der Waals surface area contributed by atoms with Crippen LogP contribution in [0.2, 0.25) is 5.02 Å². The second-order valence-electron chi connectivity index (χ2n) is 4.50. The summed E-state index contributed by atoms with van der Waals surface area (Å²) >= 11 is 26.4. The lowest BCUT2D eigenvalue weighted by atomic mass is 10.3. The average molecular weight is 384 g/mol. The van der Waals surface area contributed by atoms with E-state index in [9.17, 15) is 0 Å². The standard InChI is InChI=1S/C12H9Cl3N2S3/c13-8-1-3-9(4-2-8)17-11(18)20-10(16-17)19-6-7-5-12(7,14)15/h1-4,7H,5-6H2. The Bertz CT molecular complexity index is 678. The number of alkyl halides is 2. The molecular formula is C12H9Cl3N2S3. The summed E-state index contributed by atoms with van der Waals surface area (Å²) in [5, 5.41) is 5.22. The molecule has 1 atom stereocenters. The Balaban J connectivity index is 1.74. The first-order valence-corrected chi connectivity index (χ1v) is 9.17. The monoisotopic (exact) mass is 382 g/mol. The minimum Gasteiger partial charge on any atom is -0.211 e. The van der Waals surface area contributed by atoms with E-state index in [1.54, 1.807) is 16.4 Å². The van der Waals surface area contributed by atoms with Crippen molar-refractivity contribution in [1.29, 1.82) is 0 Å². The molecule has 1 aliphatic rings. The van der Waals surface area contributed by atoms with Gasteiger partial charge in [-0.05, 0) is 42.9 Å². The zero-order chi connectivity index (χ0) is 14.3. The minimum absolute atomic E-state index is 0.345. The summed E-state index contributed by atoms with van der Waals surface area (Å²) in [5.41, 5.74) is 0.915. The molecule has 2 aromatic rings. The molecule has 20 heavy (non-hydrogen) atoms. The number of aromatic nitrogens is 2. The zero-order valence-electron chi connectivity index (χ0n) is 10.1. The fourth-order valence-corrected chi connectivity index (χ4v) is 5.13. The third-order valence-corrected chi connectivity index (χ3v) is 6.67. The number of rotatable bonds is 4. The van der Waals surface area contributed by atoms with Gasteiger partial charge in [-0.3, -0.25) is 0 Å². The van der Waals surface area contributed by atoms with Crippen LogP contribution in [-0.4, -0.2) is 19.9 Å². The van der Waals surface area contributed by atoms with Crippen LogP contribution in [0.25, 0.3) is 5.69 Å². The summed E-state index contributed by atoms with van der Waals surface area (Å²) in [6.45, 7) is 0. The molecule has 106 valence electrons. The fraction of sp³-hybridized carbons (Fsp3) is 0.333. The van der Waals surface area contributed by atoms with Gasteiger partial charge in [-0.25, -0.2) is 4.68 Å². The van der Waals surface area contributed by atoms with Crippen molar-refractivity contribution in [3.8, 4) is 5.69 Å². The van der Waals surface area contributed by atoms with Crippen molar-refractivity contribution in [2.45, 2.75) is 15.1 Å². The molecule has 0 saturated heterocycles. The second kappa shape index (κ2) is 5.78. The molecule has 2 nitrogen and oxygen atoms in total. The lowest BCUT2D eigenvalue weighted by Crippen LogP contribution is -1.96. The van der Waals surface area contributed by atoms with Gasteiger partial charge < -0.3 is 0 Å². The van der Waals surface area contributed by atoms with E-state index in [0.717, 1.165) is 22.2 Å². The van der Waals surface area contributed by atoms with Crippen LogP contribution in [0, 0.1) is 9.87 Å². The van der Waals surface area contributed by atoms with Gasteiger partial charge in [0.2, 0.25) is 0 Å². The van der Waals surface area contributed by atoms with Gasteiger partial charge in [-0.15, -0.1) is 28.3 Å². The molecule has 0 aliphatic heterocycles. The van der Waals surface area contributed by atoms with Crippen LogP contribution in [-0.2, 0) is 0 Å². The third-order valence-electron chi connectivity index (χ3n) is 2.96. The molecule has 1 aromatic carbocycles. The Morgan fingerprint density at radius 1 is 1.40 bits per heavy atom. The number of hydrogen-bond donors (Lipinski definition) is 0. The number of nitrogens with zero attached hydrogens (tertiary/aromatic N) is 2. The van der Waals surface area contributed by atoms with Crippen molar-refractivity contribution in [1.82, 2.24) is 9.78 Å². The van der Waals surface area contributed by atoms with Crippen LogP contribution >= 0.6 is 70.1 Å². The molecule has 1 fully saturated rings. The Labute approximate surface area is 145 Å². The molecule has 1 saturated carbocycles. The van der Waals surface area contributed by atoms with Gasteiger partial charge in [-0.1, -0.05) is 34.7 Å². The molecule has 3 rings (SSSR count). The molecule has 1 aromatic heterocycles. The quantitative estimate of drug-likeness (QED) is 0.388. The van der Waals surface area contributed by atoms with Crippen molar-refractivity contribution < 1.29 is 0 Å². The molecule has 0 radical (unpaired) electrons. The number of thioether (sulfide) groups is 1. The first-order valence-electron chi connectivity index (χ1n) is 5.82. The van der Waals surface area contributed by atoms with Crippen LogP contribution in [0.4, 0.5) is 0 Å². The van der Waals surface area contributed by atoms with Gasteiger partial charge in [0.05, 0.1) is 5.69 Å². The maximum Gasteiger partial charge on any atom is 0.184 e. The third kappa shape index (κ3) is 3.34. The summed E-state index contributed by atoms with van der Waals surface area (Å²) in [6.07, 6.45) is 0.854. The molecule has 0 spiro atoms. The Hall–Kier alpha value is 0.220. The highest BCUT2D eigenvalue weighted by atomic mass is 35.5. The first-order chi connectivity index (χ1) is 9.45. The highest BCUT2D eigenvalue weighted by Crippen LogP contribution is 2.54. The molecule has 1 aliphatic carbocycles. The molecule has 0 amide bonds. The zero-order valence-corrected chi connectivity index (χ0v) is 14.8. The van der Waals surface area contributed by atoms with Crippen LogP contribution in [0.1, 0.15) is 6.42 Å². The lowest BCUT2D eigenvalue weighted by molar-refractivity contribution is 0.828. The Morgan fingerprint density at radius 3 is 2.65 bits per heavy atom. The number of benzene rings is 1. The molecular weight excluding hydrogens is 375 g/mol. The molecule has 8 heteroatoms. The van der Waals surface area contributed by atoms with Crippen molar-refractivity contribution in [2.24, 2.45) is 5.92 Å². The summed E-state index contributed by atoms with van der Waals surface area (Å²) in [5.74, 6) is 1.22. The molecule has 1 heterocycles. The van der Waals surface area contributed by atoms with E-state index < -0.39 is 4.33 Å². The van der Waals surface area contributed by atoms with Gasteiger partial charge in [0, 0.05) is 16.7 Å². The van der Waals surface area contributed by atoms with Crippen molar-refractivity contribution in [3.05, 3.63) is 33.2 Å². The van der Waals surface area contributed by atoms with Crippen molar-refractivity contribution >= 4 is 70.1 Å². The van der Waals surface area contributed by atoms with Gasteiger partial charge in [0.25, 0.3) is 0 Å². The van der Waals surface area contributed by atoms with Crippen LogP contribution in [0.5, 0.6) is 0 Å². The summed E-state index contributed by atoms with van der Waals surface area (Å²) in [6, 6.07) is 7.44. The van der Waals surface area contributed by atoms with Crippen LogP contribution in [0.3, 0.4) is 0 Å². The Kier molecular flexibility index (Phi) is 4.37. The van der Waals surface area contributed by atoms with Gasteiger partial charge >= 0.3 is 0 Å². The molecule has 1 unspecified atom stereocenters.